The van der Waals surface area contributed by atoms with Crippen LogP contribution in [0.2, 0.25) is 0 Å². The Hall–Kier alpha value is -2.93. The number of carbonyl (C=O) groups is 2. The number of nitrogens with zero attached hydrogens (tertiary/aromatic N) is 2. The maximum atomic E-state index is 12.1. The molecule has 1 saturated heterocycles. The van der Waals surface area contributed by atoms with Crippen LogP contribution >= 0.6 is 0 Å². The fourth-order valence-corrected chi connectivity index (χ4v) is 2.87. The van der Waals surface area contributed by atoms with E-state index in [1.54, 1.807) is 30.5 Å². The Morgan fingerprint density at radius 2 is 1.89 bits per heavy atom. The molecule has 0 atom stereocenters. The molecule has 0 bridgehead atoms. The number of morpholine rings is 1. The number of pyridine rings is 1. The van der Waals surface area contributed by atoms with Crippen molar-refractivity contribution in [2.24, 2.45) is 0 Å². The molecule has 7 heteroatoms. The normalized spacial score (nSPS) is 13.8. The maximum absolute atomic E-state index is 12.1. The molecule has 7 nitrogen and oxygen atoms in total. The third-order valence-electron chi connectivity index (χ3n) is 4.44. The Labute approximate surface area is 164 Å². The van der Waals surface area contributed by atoms with Crippen molar-refractivity contribution in [1.29, 1.82) is 0 Å². The molecule has 0 radical (unpaired) electrons. The Balaban J connectivity index is 1.37. The predicted octanol–water partition coefficient (Wildman–Crippen LogP) is 2.92. The lowest BCUT2D eigenvalue weighted by atomic mass is 10.1. The van der Waals surface area contributed by atoms with Gasteiger partial charge in [0.25, 0.3) is 0 Å². The summed E-state index contributed by atoms with van der Waals surface area (Å²) in [5.74, 6) is 1.53. The molecule has 1 amide bonds. The molecule has 1 aromatic heterocycles. The number of aromatic nitrogens is 1. The zero-order valence-corrected chi connectivity index (χ0v) is 16.0. The number of anilines is 2. The van der Waals surface area contributed by atoms with Gasteiger partial charge in [-0.05, 0) is 49.7 Å². The summed E-state index contributed by atoms with van der Waals surface area (Å²) < 4.78 is 10.9. The summed E-state index contributed by atoms with van der Waals surface area (Å²) in [7, 11) is 0. The minimum atomic E-state index is -0.0727. The quantitative estimate of drug-likeness (QED) is 0.558. The first-order valence-corrected chi connectivity index (χ1v) is 9.44. The Bertz CT molecular complexity index is 784. The van der Waals surface area contributed by atoms with E-state index < -0.39 is 0 Å². The van der Waals surface area contributed by atoms with Crippen molar-refractivity contribution in [3.63, 3.8) is 0 Å². The molecule has 0 aliphatic carbocycles. The SMILES string of the molecule is CC(=O)c1ccc(OCCCC(=O)Nc2ccc(N3CCOCC3)nc2)cc1. The Morgan fingerprint density at radius 3 is 2.54 bits per heavy atom. The summed E-state index contributed by atoms with van der Waals surface area (Å²) in [6.07, 6.45) is 2.63. The van der Waals surface area contributed by atoms with Crippen molar-refractivity contribution in [2.45, 2.75) is 19.8 Å². The van der Waals surface area contributed by atoms with Gasteiger partial charge in [-0.15, -0.1) is 0 Å². The van der Waals surface area contributed by atoms with Crippen molar-refractivity contribution in [1.82, 2.24) is 4.98 Å². The second-order valence-corrected chi connectivity index (χ2v) is 6.59. The fraction of sp³-hybridized carbons (Fsp3) is 0.381. The second kappa shape index (κ2) is 9.85. The van der Waals surface area contributed by atoms with Crippen molar-refractivity contribution in [3.8, 4) is 5.75 Å². The van der Waals surface area contributed by atoms with Gasteiger partial charge in [0.15, 0.2) is 5.78 Å². The van der Waals surface area contributed by atoms with E-state index >= 15 is 0 Å². The number of amides is 1. The van der Waals surface area contributed by atoms with E-state index in [4.69, 9.17) is 9.47 Å². The number of benzene rings is 1. The zero-order valence-electron chi connectivity index (χ0n) is 16.0. The van der Waals surface area contributed by atoms with Crippen LogP contribution in [-0.4, -0.2) is 49.6 Å². The average Bonchev–Trinajstić information content (AvgIpc) is 2.73. The molecule has 3 rings (SSSR count). The van der Waals surface area contributed by atoms with Gasteiger partial charge >= 0.3 is 0 Å². The lowest BCUT2D eigenvalue weighted by Crippen LogP contribution is -2.36. The number of Topliss-reactive ketones (excluding diaryl/α,β-unsaturated/α-hetero) is 1. The lowest BCUT2D eigenvalue weighted by Gasteiger charge is -2.27. The second-order valence-electron chi connectivity index (χ2n) is 6.59. The zero-order chi connectivity index (χ0) is 19.8. The van der Waals surface area contributed by atoms with Crippen LogP contribution in [0.1, 0.15) is 30.1 Å². The van der Waals surface area contributed by atoms with Crippen LogP contribution in [0, 0.1) is 0 Å². The number of hydrogen-bond acceptors (Lipinski definition) is 6. The smallest absolute Gasteiger partial charge is 0.224 e. The molecule has 0 spiro atoms. The third-order valence-corrected chi connectivity index (χ3v) is 4.44. The van der Waals surface area contributed by atoms with Crippen LogP contribution in [0.4, 0.5) is 11.5 Å². The number of nitrogens with one attached hydrogen (secondary N) is 1. The minimum Gasteiger partial charge on any atom is -0.494 e. The number of hydrogen-bond donors (Lipinski definition) is 1. The topological polar surface area (TPSA) is 80.8 Å². The molecule has 1 N–H and O–H groups in total. The molecule has 2 heterocycles. The predicted molar refractivity (Wildman–Crippen MR) is 107 cm³/mol. The van der Waals surface area contributed by atoms with Gasteiger partial charge in [0, 0.05) is 25.1 Å². The first-order chi connectivity index (χ1) is 13.6. The minimum absolute atomic E-state index is 0.0238. The molecule has 28 heavy (non-hydrogen) atoms. The first-order valence-electron chi connectivity index (χ1n) is 9.44. The molecule has 0 unspecified atom stereocenters. The van der Waals surface area contributed by atoms with Gasteiger partial charge in [-0.25, -0.2) is 4.98 Å². The highest BCUT2D eigenvalue weighted by molar-refractivity contribution is 5.94. The number of carbonyl (C=O) groups excluding carboxylic acids is 2. The lowest BCUT2D eigenvalue weighted by molar-refractivity contribution is -0.116. The number of ether oxygens (including phenoxy) is 2. The van der Waals surface area contributed by atoms with Gasteiger partial charge in [0.05, 0.1) is 31.7 Å². The largest absolute Gasteiger partial charge is 0.494 e. The van der Waals surface area contributed by atoms with E-state index in [9.17, 15) is 9.59 Å². The van der Waals surface area contributed by atoms with E-state index in [-0.39, 0.29) is 11.7 Å². The summed E-state index contributed by atoms with van der Waals surface area (Å²) in [5, 5.41) is 2.85. The van der Waals surface area contributed by atoms with E-state index in [0.717, 1.165) is 18.9 Å². The summed E-state index contributed by atoms with van der Waals surface area (Å²) >= 11 is 0. The molecule has 2 aromatic rings. The molecule has 148 valence electrons. The van der Waals surface area contributed by atoms with Crippen LogP contribution in [0.3, 0.4) is 0 Å². The van der Waals surface area contributed by atoms with Crippen molar-refractivity contribution < 1.29 is 19.1 Å². The van der Waals surface area contributed by atoms with Crippen molar-refractivity contribution in [3.05, 3.63) is 48.2 Å². The summed E-state index contributed by atoms with van der Waals surface area (Å²) in [6, 6.07) is 10.8. The van der Waals surface area contributed by atoms with Gasteiger partial charge in [0.1, 0.15) is 11.6 Å². The van der Waals surface area contributed by atoms with Crippen LogP contribution in [0.25, 0.3) is 0 Å². The van der Waals surface area contributed by atoms with Crippen LogP contribution < -0.4 is 15.0 Å². The number of rotatable bonds is 8. The van der Waals surface area contributed by atoms with Gasteiger partial charge < -0.3 is 19.7 Å². The standard InChI is InChI=1S/C21H25N3O4/c1-16(25)17-4-7-19(8-5-17)28-12-2-3-21(26)23-18-6-9-20(22-15-18)24-10-13-27-14-11-24/h4-9,15H,2-3,10-14H2,1H3,(H,23,26). The molecular weight excluding hydrogens is 358 g/mol. The molecule has 0 saturated carbocycles. The van der Waals surface area contributed by atoms with Crippen molar-refractivity contribution in [2.75, 3.05) is 43.1 Å². The van der Waals surface area contributed by atoms with E-state index in [1.807, 2.05) is 12.1 Å². The van der Waals surface area contributed by atoms with E-state index in [1.165, 1.54) is 6.92 Å². The Morgan fingerprint density at radius 1 is 1.14 bits per heavy atom. The monoisotopic (exact) mass is 383 g/mol. The summed E-state index contributed by atoms with van der Waals surface area (Å²) in [4.78, 5) is 29.9. The first kappa shape index (κ1) is 19.8. The van der Waals surface area contributed by atoms with Crippen LogP contribution in [0.5, 0.6) is 5.75 Å². The van der Waals surface area contributed by atoms with Crippen LogP contribution in [-0.2, 0) is 9.53 Å². The molecular formula is C21H25N3O4. The van der Waals surface area contributed by atoms with Gasteiger partial charge in [-0.2, -0.15) is 0 Å². The summed E-state index contributed by atoms with van der Waals surface area (Å²) in [6.45, 7) is 5.04. The Kier molecular flexibility index (Phi) is 6.97. The molecule has 1 aromatic carbocycles. The summed E-state index contributed by atoms with van der Waals surface area (Å²) in [5.41, 5.74) is 1.34. The third kappa shape index (κ3) is 5.79. The highest BCUT2D eigenvalue weighted by atomic mass is 16.5. The fourth-order valence-electron chi connectivity index (χ4n) is 2.87. The van der Waals surface area contributed by atoms with Gasteiger partial charge in [0.2, 0.25) is 5.91 Å². The molecule has 1 aliphatic heterocycles. The average molecular weight is 383 g/mol. The molecule has 1 fully saturated rings. The van der Waals surface area contributed by atoms with Gasteiger partial charge in [-0.3, -0.25) is 9.59 Å². The highest BCUT2D eigenvalue weighted by Gasteiger charge is 2.12. The van der Waals surface area contributed by atoms with Gasteiger partial charge in [-0.1, -0.05) is 0 Å². The van der Waals surface area contributed by atoms with E-state index in [2.05, 4.69) is 15.2 Å². The van der Waals surface area contributed by atoms with Crippen molar-refractivity contribution >= 4 is 23.2 Å². The maximum Gasteiger partial charge on any atom is 0.224 e. The van der Waals surface area contributed by atoms with Crippen LogP contribution in [0.15, 0.2) is 42.6 Å². The number of ketones is 1. The molecule has 1 aliphatic rings. The van der Waals surface area contributed by atoms with E-state index in [0.29, 0.717) is 49.7 Å². The highest BCUT2D eigenvalue weighted by Crippen LogP contribution is 2.16.